The minimum atomic E-state index is -4.25. The van der Waals surface area contributed by atoms with Gasteiger partial charge in [0.05, 0.1) is 29.8 Å². The van der Waals surface area contributed by atoms with Crippen molar-refractivity contribution in [1.29, 1.82) is 0 Å². The SMILES string of the molecule is C=CCOC12Oc3ccc(OCCN4CC4)cc3C3C(CCCCO)C(CCCCO)C=C(C(=NOCc4ccccc4)CC1N(C)S(=O)(=O)c1cccc4cccnc14)C32. The molecule has 12 nitrogen and oxygen atoms in total. The molecule has 6 unspecified atom stereocenters. The molecule has 324 valence electrons. The number of sulfonamides is 1. The van der Waals surface area contributed by atoms with Crippen molar-refractivity contribution in [2.45, 2.75) is 74.2 Å². The number of likely N-dealkylation sites (N-methyl/N-ethyl adjacent to an activating group) is 1. The monoisotopic (exact) mass is 850 g/mol. The number of rotatable bonds is 21. The number of benzene rings is 3. The van der Waals surface area contributed by atoms with Crippen molar-refractivity contribution in [3.63, 3.8) is 0 Å². The van der Waals surface area contributed by atoms with Gasteiger partial charge in [-0.05, 0) is 79.0 Å². The molecule has 4 aromatic rings. The van der Waals surface area contributed by atoms with Crippen LogP contribution < -0.4 is 9.47 Å². The van der Waals surface area contributed by atoms with E-state index in [-0.39, 0.29) is 55.5 Å². The van der Waals surface area contributed by atoms with Gasteiger partial charge in [-0.3, -0.25) is 9.88 Å². The van der Waals surface area contributed by atoms with E-state index in [0.717, 1.165) is 67.8 Å². The summed E-state index contributed by atoms with van der Waals surface area (Å²) in [6.45, 7) is 8.09. The first-order chi connectivity index (χ1) is 29.8. The molecule has 2 aliphatic heterocycles. The number of para-hydroxylation sites is 1. The van der Waals surface area contributed by atoms with Crippen molar-refractivity contribution in [2.24, 2.45) is 22.9 Å². The van der Waals surface area contributed by atoms with Crippen LogP contribution in [0.1, 0.15) is 62.0 Å². The number of aromatic nitrogens is 1. The lowest BCUT2D eigenvalue weighted by Gasteiger charge is -2.59. The highest BCUT2D eigenvalue weighted by Crippen LogP contribution is 2.62. The number of oxime groups is 1. The van der Waals surface area contributed by atoms with Crippen LogP contribution in [0.3, 0.4) is 0 Å². The second kappa shape index (κ2) is 19.2. The molecule has 0 radical (unpaired) electrons. The van der Waals surface area contributed by atoms with E-state index in [9.17, 15) is 10.2 Å². The minimum Gasteiger partial charge on any atom is -0.492 e. The van der Waals surface area contributed by atoms with Crippen molar-refractivity contribution in [3.8, 4) is 11.5 Å². The number of nitrogens with zero attached hydrogens (tertiary/aromatic N) is 4. The summed E-state index contributed by atoms with van der Waals surface area (Å²) in [6, 6.07) is 23.7. The zero-order valence-electron chi connectivity index (χ0n) is 35.0. The Morgan fingerprint density at radius 3 is 2.56 bits per heavy atom. The zero-order valence-corrected chi connectivity index (χ0v) is 35.8. The molecule has 1 saturated heterocycles. The number of allylic oxidation sites excluding steroid dienone is 1. The number of hydrogen-bond acceptors (Lipinski definition) is 11. The van der Waals surface area contributed by atoms with Gasteiger partial charge in [0.25, 0.3) is 0 Å². The van der Waals surface area contributed by atoms with Gasteiger partial charge >= 0.3 is 0 Å². The molecule has 13 heteroatoms. The molecule has 0 amide bonds. The van der Waals surface area contributed by atoms with Gasteiger partial charge in [-0.1, -0.05) is 78.7 Å². The quantitative estimate of drug-likeness (QED) is 0.0387. The van der Waals surface area contributed by atoms with Crippen LogP contribution in [0.15, 0.2) is 119 Å². The Balaban J connectivity index is 1.31. The van der Waals surface area contributed by atoms with Crippen molar-refractivity contribution in [3.05, 3.63) is 120 Å². The molecule has 2 aliphatic carbocycles. The average Bonchev–Trinajstić information content (AvgIpc) is 4.11. The summed E-state index contributed by atoms with van der Waals surface area (Å²) in [7, 11) is -2.65. The van der Waals surface area contributed by atoms with Crippen LogP contribution >= 0.6 is 0 Å². The van der Waals surface area contributed by atoms with Gasteiger partial charge in [0.1, 0.15) is 29.6 Å². The van der Waals surface area contributed by atoms with Crippen LogP contribution in [0.5, 0.6) is 11.5 Å². The molecular formula is C48H58N4O8S. The highest BCUT2D eigenvalue weighted by molar-refractivity contribution is 7.89. The molecular weight excluding hydrogens is 793 g/mol. The van der Waals surface area contributed by atoms with Gasteiger partial charge in [-0.15, -0.1) is 6.58 Å². The Morgan fingerprint density at radius 2 is 1.79 bits per heavy atom. The number of fused-ring (bicyclic) bond motifs is 3. The fourth-order valence-electron chi connectivity index (χ4n) is 9.75. The third-order valence-corrected chi connectivity index (χ3v) is 14.7. The van der Waals surface area contributed by atoms with Gasteiger partial charge in [-0.25, -0.2) is 8.42 Å². The maximum absolute atomic E-state index is 15.2. The number of ether oxygens (including phenoxy) is 3. The molecule has 2 fully saturated rings. The van der Waals surface area contributed by atoms with E-state index in [1.54, 1.807) is 37.5 Å². The summed E-state index contributed by atoms with van der Waals surface area (Å²) >= 11 is 0. The summed E-state index contributed by atoms with van der Waals surface area (Å²) in [5.74, 6) is -0.868. The topological polar surface area (TPSA) is 143 Å². The fourth-order valence-corrected chi connectivity index (χ4v) is 11.3. The molecule has 0 bridgehead atoms. The average molecular weight is 851 g/mol. The van der Waals surface area contributed by atoms with Crippen LogP contribution in [-0.4, -0.2) is 103 Å². The third kappa shape index (κ3) is 9.00. The maximum atomic E-state index is 15.2. The molecule has 1 saturated carbocycles. The second-order valence-electron chi connectivity index (χ2n) is 16.6. The van der Waals surface area contributed by atoms with E-state index in [4.69, 9.17) is 24.2 Å². The van der Waals surface area contributed by atoms with Gasteiger partial charge in [0.15, 0.2) is 0 Å². The lowest BCUT2D eigenvalue weighted by Crippen LogP contribution is -2.69. The number of hydrogen-bond donors (Lipinski definition) is 2. The Kier molecular flexibility index (Phi) is 13.5. The van der Waals surface area contributed by atoms with Crippen LogP contribution in [0, 0.1) is 17.8 Å². The molecule has 0 spiro atoms. The second-order valence-corrected chi connectivity index (χ2v) is 18.5. The predicted molar refractivity (Wildman–Crippen MR) is 235 cm³/mol. The third-order valence-electron chi connectivity index (χ3n) is 12.8. The summed E-state index contributed by atoms with van der Waals surface area (Å²) < 4.78 is 52.4. The Bertz CT molecular complexity index is 2310. The highest BCUT2D eigenvalue weighted by Gasteiger charge is 2.65. The van der Waals surface area contributed by atoms with Crippen LogP contribution in [0.4, 0.5) is 0 Å². The predicted octanol–water partition coefficient (Wildman–Crippen LogP) is 7.08. The van der Waals surface area contributed by atoms with E-state index in [1.807, 2.05) is 54.6 Å². The van der Waals surface area contributed by atoms with Crippen LogP contribution in [0.25, 0.3) is 10.9 Å². The van der Waals surface area contributed by atoms with Gasteiger partial charge in [0, 0.05) is 69.4 Å². The van der Waals surface area contributed by atoms with E-state index in [0.29, 0.717) is 41.8 Å². The molecule has 8 rings (SSSR count). The smallest absolute Gasteiger partial charge is 0.245 e. The van der Waals surface area contributed by atoms with Gasteiger partial charge in [0.2, 0.25) is 15.8 Å². The number of pyridine rings is 1. The van der Waals surface area contributed by atoms with E-state index >= 15 is 8.42 Å². The van der Waals surface area contributed by atoms with Crippen LogP contribution in [0.2, 0.25) is 0 Å². The largest absolute Gasteiger partial charge is 0.492 e. The molecule has 4 aliphatic rings. The lowest BCUT2D eigenvalue weighted by molar-refractivity contribution is -0.250. The number of aliphatic hydroxyl groups excluding tert-OH is 2. The Morgan fingerprint density at radius 1 is 1.00 bits per heavy atom. The van der Waals surface area contributed by atoms with Crippen molar-refractivity contribution in [2.75, 3.05) is 53.1 Å². The molecule has 1 aromatic heterocycles. The van der Waals surface area contributed by atoms with Gasteiger partial charge in [-0.2, -0.15) is 4.31 Å². The highest BCUT2D eigenvalue weighted by atomic mass is 32.2. The molecule has 6 atom stereocenters. The summed E-state index contributed by atoms with van der Waals surface area (Å²) in [6.07, 6.45) is 10.3. The normalized spacial score (nSPS) is 25.1. The van der Waals surface area contributed by atoms with E-state index < -0.39 is 27.8 Å². The minimum absolute atomic E-state index is 0.0376. The van der Waals surface area contributed by atoms with Crippen LogP contribution in [-0.2, 0) is 26.2 Å². The number of aliphatic hydroxyl groups is 2. The first kappa shape index (κ1) is 43.0. The zero-order chi connectivity index (χ0) is 42.4. The van der Waals surface area contributed by atoms with E-state index in [1.165, 1.54) is 4.31 Å². The summed E-state index contributed by atoms with van der Waals surface area (Å²) in [5.41, 5.74) is 3.83. The molecule has 3 heterocycles. The molecule has 3 aromatic carbocycles. The van der Waals surface area contributed by atoms with Crippen molar-refractivity contribution >= 4 is 26.6 Å². The Hall–Kier alpha value is -4.63. The Labute approximate surface area is 359 Å². The molecule has 2 N–H and O–H groups in total. The van der Waals surface area contributed by atoms with E-state index in [2.05, 4.69) is 28.6 Å². The summed E-state index contributed by atoms with van der Waals surface area (Å²) in [5, 5.41) is 25.5. The molecule has 61 heavy (non-hydrogen) atoms. The van der Waals surface area contributed by atoms with Gasteiger partial charge < -0.3 is 29.3 Å². The standard InChI is InChI=1S/C48H58N4O8S/c1-3-28-58-48-44(51(2)61(55,56)43-19-11-16-35-17-12-22-49-47(35)43)32-41(50-59-33-34-13-5-4-6-14-34)39-30-36(15-7-9-26-53)38(18-8-10-27-54)45(46(39)48)40-31-37(20-21-42(40)60-48)57-29-25-52-23-24-52/h3-6,11-14,16-17,19-22,30-31,36,38,44-46,53-54H,1,7-10,15,18,23-29,32-33H2,2H3. The summed E-state index contributed by atoms with van der Waals surface area (Å²) in [4.78, 5) is 13.1. The number of unbranched alkanes of at least 4 members (excludes halogenated alkanes) is 2. The fraction of sp³-hybridized carbons (Fsp3) is 0.458. The van der Waals surface area contributed by atoms with Crippen molar-refractivity contribution < 1.29 is 37.7 Å². The lowest BCUT2D eigenvalue weighted by atomic mass is 9.55. The first-order valence-electron chi connectivity index (χ1n) is 21.7. The van der Waals surface area contributed by atoms with Crippen molar-refractivity contribution in [1.82, 2.24) is 14.2 Å². The maximum Gasteiger partial charge on any atom is 0.245 e. The first-order valence-corrected chi connectivity index (χ1v) is 23.1.